The molecule has 1 aromatic carbocycles. The first kappa shape index (κ1) is 12.9. The third-order valence-electron chi connectivity index (χ3n) is 3.35. The Kier molecular flexibility index (Phi) is 4.48. The van der Waals surface area contributed by atoms with E-state index in [2.05, 4.69) is 35.8 Å². The third-order valence-corrected chi connectivity index (χ3v) is 4.77. The van der Waals surface area contributed by atoms with E-state index < -0.39 is 0 Å². The minimum atomic E-state index is 0.552. The molecular weight excluding hydrogens is 230 g/mol. The summed E-state index contributed by atoms with van der Waals surface area (Å²) in [5.74, 6) is 0. The molecule has 0 amide bonds. The van der Waals surface area contributed by atoms with Crippen molar-refractivity contribution in [2.45, 2.75) is 30.7 Å². The van der Waals surface area contributed by atoms with Gasteiger partial charge in [-0.2, -0.15) is 11.8 Å². The van der Waals surface area contributed by atoms with Gasteiger partial charge in [-0.1, -0.05) is 24.3 Å². The van der Waals surface area contributed by atoms with Crippen LogP contribution in [0.15, 0.2) is 24.3 Å². The lowest BCUT2D eigenvalue weighted by molar-refractivity contribution is 0.185. The highest BCUT2D eigenvalue weighted by Gasteiger charge is 2.41. The van der Waals surface area contributed by atoms with Crippen molar-refractivity contribution in [3.8, 4) is 0 Å². The summed E-state index contributed by atoms with van der Waals surface area (Å²) in [7, 11) is 1.73. The monoisotopic (exact) mass is 251 g/mol. The third kappa shape index (κ3) is 3.73. The predicted octanol–water partition coefficient (Wildman–Crippen LogP) is 2.82. The van der Waals surface area contributed by atoms with Crippen LogP contribution in [0, 0.1) is 0 Å². The lowest BCUT2D eigenvalue weighted by Crippen LogP contribution is -2.25. The Morgan fingerprint density at radius 2 is 1.88 bits per heavy atom. The molecule has 0 unspecified atom stereocenters. The SMILES string of the molecule is COCc1ccc(CNCC2(SC)CC2)cc1. The molecule has 2 nitrogen and oxygen atoms in total. The number of hydrogen-bond acceptors (Lipinski definition) is 3. The van der Waals surface area contributed by atoms with Gasteiger partial charge >= 0.3 is 0 Å². The van der Waals surface area contributed by atoms with Crippen LogP contribution in [0.2, 0.25) is 0 Å². The van der Waals surface area contributed by atoms with Crippen LogP contribution in [0.4, 0.5) is 0 Å². The Hall–Kier alpha value is -0.510. The van der Waals surface area contributed by atoms with Crippen LogP contribution in [-0.2, 0) is 17.9 Å². The minimum Gasteiger partial charge on any atom is -0.380 e. The molecule has 0 heterocycles. The van der Waals surface area contributed by atoms with Crippen molar-refractivity contribution < 1.29 is 4.74 Å². The molecule has 0 bridgehead atoms. The molecule has 1 aromatic rings. The molecule has 1 saturated carbocycles. The van der Waals surface area contributed by atoms with Gasteiger partial charge in [0.05, 0.1) is 6.61 Å². The number of hydrogen-bond donors (Lipinski definition) is 1. The second-order valence-electron chi connectivity index (χ2n) is 4.74. The topological polar surface area (TPSA) is 21.3 Å². The van der Waals surface area contributed by atoms with Gasteiger partial charge in [-0.15, -0.1) is 0 Å². The van der Waals surface area contributed by atoms with E-state index in [4.69, 9.17) is 4.74 Å². The summed E-state index contributed by atoms with van der Waals surface area (Å²) in [5, 5.41) is 3.55. The van der Waals surface area contributed by atoms with Crippen LogP contribution in [0.1, 0.15) is 24.0 Å². The average molecular weight is 251 g/mol. The van der Waals surface area contributed by atoms with Crippen molar-refractivity contribution in [3.63, 3.8) is 0 Å². The fraction of sp³-hybridized carbons (Fsp3) is 0.571. The minimum absolute atomic E-state index is 0.552. The van der Waals surface area contributed by atoms with E-state index in [1.807, 2.05) is 11.8 Å². The van der Waals surface area contributed by atoms with Crippen LogP contribution in [0.25, 0.3) is 0 Å². The molecule has 3 heteroatoms. The van der Waals surface area contributed by atoms with Crippen LogP contribution in [-0.4, -0.2) is 24.7 Å². The largest absolute Gasteiger partial charge is 0.380 e. The highest BCUT2D eigenvalue weighted by Crippen LogP contribution is 2.46. The smallest absolute Gasteiger partial charge is 0.0713 e. The lowest BCUT2D eigenvalue weighted by Gasteiger charge is -2.13. The maximum absolute atomic E-state index is 5.10. The van der Waals surface area contributed by atoms with Gasteiger partial charge in [0, 0.05) is 24.9 Å². The van der Waals surface area contributed by atoms with Crippen LogP contribution >= 0.6 is 11.8 Å². The second-order valence-corrected chi connectivity index (χ2v) is 6.01. The molecule has 0 saturated heterocycles. The zero-order valence-electron chi connectivity index (χ0n) is 10.7. The van der Waals surface area contributed by atoms with E-state index in [1.165, 1.54) is 24.0 Å². The molecule has 1 fully saturated rings. The standard InChI is InChI=1S/C14H21NOS/c1-16-10-13-5-3-12(4-6-13)9-15-11-14(17-2)7-8-14/h3-6,15H,7-11H2,1-2H3. The molecule has 1 aliphatic rings. The van der Waals surface area contributed by atoms with Gasteiger partial charge in [0.25, 0.3) is 0 Å². The van der Waals surface area contributed by atoms with Crippen LogP contribution < -0.4 is 5.32 Å². The van der Waals surface area contributed by atoms with Crippen LogP contribution in [0.5, 0.6) is 0 Å². The Bertz CT molecular complexity index is 346. The number of benzene rings is 1. The molecular formula is C14H21NOS. The first-order valence-corrected chi connectivity index (χ1v) is 7.33. The van der Waals surface area contributed by atoms with Crippen molar-refractivity contribution in [1.29, 1.82) is 0 Å². The number of methoxy groups -OCH3 is 1. The Labute approximate surface area is 108 Å². The van der Waals surface area contributed by atoms with Gasteiger partial charge in [0.1, 0.15) is 0 Å². The van der Waals surface area contributed by atoms with E-state index in [0.29, 0.717) is 11.4 Å². The normalized spacial score (nSPS) is 17.1. The first-order chi connectivity index (χ1) is 8.28. The molecule has 0 aliphatic heterocycles. The van der Waals surface area contributed by atoms with Gasteiger partial charge in [0.15, 0.2) is 0 Å². The van der Waals surface area contributed by atoms with Crippen molar-refractivity contribution >= 4 is 11.8 Å². The van der Waals surface area contributed by atoms with E-state index in [1.54, 1.807) is 7.11 Å². The maximum atomic E-state index is 5.10. The first-order valence-electron chi connectivity index (χ1n) is 6.11. The molecule has 0 aromatic heterocycles. The van der Waals surface area contributed by atoms with Crippen LogP contribution in [0.3, 0.4) is 0 Å². The molecule has 0 spiro atoms. The summed E-state index contributed by atoms with van der Waals surface area (Å²) in [5.41, 5.74) is 2.58. The Balaban J connectivity index is 1.75. The summed E-state index contributed by atoms with van der Waals surface area (Å²) in [6, 6.07) is 8.64. The van der Waals surface area contributed by atoms with Gasteiger partial charge in [0.2, 0.25) is 0 Å². The summed E-state index contributed by atoms with van der Waals surface area (Å²) in [6.07, 6.45) is 4.95. The molecule has 94 valence electrons. The predicted molar refractivity (Wildman–Crippen MR) is 74.3 cm³/mol. The average Bonchev–Trinajstić information content (AvgIpc) is 3.13. The number of thioether (sulfide) groups is 1. The van der Waals surface area contributed by atoms with Gasteiger partial charge in [-0.25, -0.2) is 0 Å². The van der Waals surface area contributed by atoms with E-state index in [9.17, 15) is 0 Å². The Morgan fingerprint density at radius 1 is 1.24 bits per heavy atom. The number of ether oxygens (including phenoxy) is 1. The molecule has 0 radical (unpaired) electrons. The Morgan fingerprint density at radius 3 is 2.41 bits per heavy atom. The fourth-order valence-electron chi connectivity index (χ4n) is 1.95. The lowest BCUT2D eigenvalue weighted by atomic mass is 10.1. The highest BCUT2D eigenvalue weighted by molar-refractivity contribution is 8.00. The molecule has 2 rings (SSSR count). The number of nitrogens with one attached hydrogen (secondary N) is 1. The van der Waals surface area contributed by atoms with Gasteiger partial charge in [-0.05, 0) is 30.2 Å². The summed E-state index contributed by atoms with van der Waals surface area (Å²) < 4.78 is 5.65. The number of rotatable bonds is 7. The van der Waals surface area contributed by atoms with Gasteiger partial charge in [-0.3, -0.25) is 0 Å². The molecule has 1 N–H and O–H groups in total. The zero-order valence-corrected chi connectivity index (χ0v) is 11.5. The van der Waals surface area contributed by atoms with Gasteiger partial charge < -0.3 is 10.1 Å². The summed E-state index contributed by atoms with van der Waals surface area (Å²) >= 11 is 2.00. The quantitative estimate of drug-likeness (QED) is 0.805. The van der Waals surface area contributed by atoms with E-state index in [0.717, 1.165) is 13.1 Å². The molecule has 0 atom stereocenters. The zero-order chi connectivity index (χ0) is 12.1. The van der Waals surface area contributed by atoms with E-state index >= 15 is 0 Å². The van der Waals surface area contributed by atoms with E-state index in [-0.39, 0.29) is 0 Å². The summed E-state index contributed by atoms with van der Waals surface area (Å²) in [6.45, 7) is 2.80. The maximum Gasteiger partial charge on any atom is 0.0713 e. The highest BCUT2D eigenvalue weighted by atomic mass is 32.2. The van der Waals surface area contributed by atoms with Crippen molar-refractivity contribution in [3.05, 3.63) is 35.4 Å². The second kappa shape index (κ2) is 5.89. The molecule has 1 aliphatic carbocycles. The van der Waals surface area contributed by atoms with Crippen molar-refractivity contribution in [1.82, 2.24) is 5.32 Å². The fourth-order valence-corrected chi connectivity index (χ4v) is 2.70. The summed E-state index contributed by atoms with van der Waals surface area (Å²) in [4.78, 5) is 0. The molecule has 17 heavy (non-hydrogen) atoms. The van der Waals surface area contributed by atoms with Crippen molar-refractivity contribution in [2.75, 3.05) is 19.9 Å². The van der Waals surface area contributed by atoms with Crippen molar-refractivity contribution in [2.24, 2.45) is 0 Å².